The number of nitrogens with zero attached hydrogens (tertiary/aromatic N) is 1. The Kier molecular flexibility index (Phi) is 2.56. The lowest BCUT2D eigenvalue weighted by Gasteiger charge is -2.07. The Morgan fingerprint density at radius 3 is 2.41 bits per heavy atom. The zero-order chi connectivity index (χ0) is 12.6. The molecule has 2 aromatic carbocycles. The van der Waals surface area contributed by atoms with E-state index < -0.39 is 26.5 Å². The average Bonchev–Trinajstić information content (AvgIpc) is 2.26. The van der Waals surface area contributed by atoms with Crippen molar-refractivity contribution in [1.82, 2.24) is 0 Å². The van der Waals surface area contributed by atoms with Gasteiger partial charge in [0.2, 0.25) is 0 Å². The lowest BCUT2D eigenvalue weighted by atomic mass is 10.1. The number of hydrogen-bond donors (Lipinski definition) is 2. The van der Waals surface area contributed by atoms with E-state index in [9.17, 15) is 18.4 Å². The highest BCUT2D eigenvalue weighted by Gasteiger charge is 2.22. The summed E-state index contributed by atoms with van der Waals surface area (Å²) in [5, 5.41) is 12.6. The fourth-order valence-electron chi connectivity index (χ4n) is 1.62. The molecule has 0 aliphatic heterocycles. The predicted octanol–water partition coefficient (Wildman–Crippen LogP) is 2.19. The number of benzene rings is 2. The van der Waals surface area contributed by atoms with Gasteiger partial charge in [0.25, 0.3) is 10.1 Å². The quantitative estimate of drug-likeness (QED) is 0.630. The van der Waals surface area contributed by atoms with Crippen LogP contribution in [0, 0.1) is 4.91 Å². The number of aromatic hydroxyl groups is 1. The Balaban J connectivity index is 3.06. The van der Waals surface area contributed by atoms with E-state index in [1.807, 2.05) is 0 Å². The smallest absolute Gasteiger partial charge is 0.298 e. The first-order valence-electron chi connectivity index (χ1n) is 4.50. The van der Waals surface area contributed by atoms with Crippen LogP contribution in [0.2, 0.25) is 0 Å². The molecule has 0 radical (unpaired) electrons. The highest BCUT2D eigenvalue weighted by atomic mass is 32.2. The first kappa shape index (κ1) is 11.5. The third kappa shape index (κ3) is 1.85. The topological polar surface area (TPSA) is 104 Å². The molecule has 0 aliphatic rings. The van der Waals surface area contributed by atoms with Crippen LogP contribution in [-0.2, 0) is 10.1 Å². The van der Waals surface area contributed by atoms with Crippen molar-refractivity contribution in [1.29, 1.82) is 0 Å². The largest absolute Gasteiger partial charge is 0.504 e. The van der Waals surface area contributed by atoms with Crippen molar-refractivity contribution in [2.75, 3.05) is 0 Å². The lowest BCUT2D eigenvalue weighted by molar-refractivity contribution is 0.447. The molecule has 2 N–H and O–H groups in total. The van der Waals surface area contributed by atoms with Gasteiger partial charge in [0.1, 0.15) is 4.90 Å². The minimum atomic E-state index is -4.64. The van der Waals surface area contributed by atoms with Crippen LogP contribution in [0.5, 0.6) is 5.75 Å². The molecule has 0 fully saturated rings. The van der Waals surface area contributed by atoms with Gasteiger partial charge in [-0.3, -0.25) is 4.55 Å². The van der Waals surface area contributed by atoms with E-state index in [0.29, 0.717) is 5.39 Å². The molecule has 0 saturated carbocycles. The van der Waals surface area contributed by atoms with Crippen LogP contribution in [-0.4, -0.2) is 18.1 Å². The minimum Gasteiger partial charge on any atom is -0.504 e. The van der Waals surface area contributed by atoms with Crippen molar-refractivity contribution < 1.29 is 18.1 Å². The van der Waals surface area contributed by atoms with Gasteiger partial charge in [-0.25, -0.2) is 0 Å². The standard InChI is InChI=1S/C10H7NO5S/c12-9-8(11-13)5-6-3-1-2-4-7(6)10(9)17(14,15)16/h1-5,12H,(H,14,15,16). The highest BCUT2D eigenvalue weighted by Crippen LogP contribution is 2.39. The van der Waals surface area contributed by atoms with Gasteiger partial charge in [0.05, 0.1) is 0 Å². The first-order chi connectivity index (χ1) is 7.95. The van der Waals surface area contributed by atoms with E-state index in [2.05, 4.69) is 5.18 Å². The molecule has 0 aromatic heterocycles. The zero-order valence-electron chi connectivity index (χ0n) is 8.36. The molecule has 0 amide bonds. The first-order valence-corrected chi connectivity index (χ1v) is 5.94. The van der Waals surface area contributed by atoms with Crippen LogP contribution in [0.4, 0.5) is 5.69 Å². The average molecular weight is 253 g/mol. The van der Waals surface area contributed by atoms with Gasteiger partial charge in [0, 0.05) is 5.39 Å². The molecule has 17 heavy (non-hydrogen) atoms. The Morgan fingerprint density at radius 2 is 1.82 bits per heavy atom. The van der Waals surface area contributed by atoms with E-state index in [0.717, 1.165) is 0 Å². The Bertz CT molecular complexity index is 708. The Hall–Kier alpha value is -1.99. The lowest BCUT2D eigenvalue weighted by Crippen LogP contribution is -1.99. The molecule has 0 unspecified atom stereocenters. The van der Waals surface area contributed by atoms with Crippen LogP contribution in [0.25, 0.3) is 10.8 Å². The van der Waals surface area contributed by atoms with Crippen molar-refractivity contribution in [2.45, 2.75) is 4.90 Å². The Labute approximate surface area is 96.2 Å². The monoisotopic (exact) mass is 253 g/mol. The van der Waals surface area contributed by atoms with Crippen LogP contribution in [0.15, 0.2) is 40.4 Å². The van der Waals surface area contributed by atoms with E-state index in [4.69, 9.17) is 4.55 Å². The van der Waals surface area contributed by atoms with Gasteiger partial charge in [-0.15, -0.1) is 4.91 Å². The molecule has 0 bridgehead atoms. The van der Waals surface area contributed by atoms with Gasteiger partial charge in [-0.1, -0.05) is 24.3 Å². The van der Waals surface area contributed by atoms with E-state index in [1.54, 1.807) is 12.1 Å². The molecule has 6 nitrogen and oxygen atoms in total. The minimum absolute atomic E-state index is 0.125. The third-order valence-electron chi connectivity index (χ3n) is 2.31. The predicted molar refractivity (Wildman–Crippen MR) is 60.9 cm³/mol. The fraction of sp³-hybridized carbons (Fsp3) is 0. The molecule has 7 heteroatoms. The number of rotatable bonds is 2. The molecular weight excluding hydrogens is 246 g/mol. The maximum Gasteiger partial charge on any atom is 0.298 e. The second-order valence-electron chi connectivity index (χ2n) is 3.36. The molecule has 2 aromatic rings. The number of fused-ring (bicyclic) bond motifs is 1. The SMILES string of the molecule is O=Nc1cc2ccccc2c(S(=O)(=O)O)c1O. The summed E-state index contributed by atoms with van der Waals surface area (Å²) >= 11 is 0. The Morgan fingerprint density at radius 1 is 1.18 bits per heavy atom. The number of nitroso groups, excluding NO2 is 1. The summed E-state index contributed by atoms with van der Waals surface area (Å²) in [6, 6.07) is 7.36. The number of hydrogen-bond acceptors (Lipinski definition) is 5. The van der Waals surface area contributed by atoms with Crippen LogP contribution < -0.4 is 0 Å². The summed E-state index contributed by atoms with van der Waals surface area (Å²) in [5.74, 6) is -0.846. The normalized spacial score (nSPS) is 11.6. The third-order valence-corrected chi connectivity index (χ3v) is 3.24. The summed E-state index contributed by atoms with van der Waals surface area (Å²) in [6.07, 6.45) is 0. The summed E-state index contributed by atoms with van der Waals surface area (Å²) in [6.45, 7) is 0. The molecule has 0 atom stereocenters. The van der Waals surface area contributed by atoms with Gasteiger partial charge in [-0.05, 0) is 16.6 Å². The van der Waals surface area contributed by atoms with Crippen LogP contribution >= 0.6 is 0 Å². The van der Waals surface area contributed by atoms with Crippen molar-refractivity contribution in [3.05, 3.63) is 35.2 Å². The zero-order valence-corrected chi connectivity index (χ0v) is 9.18. The highest BCUT2D eigenvalue weighted by molar-refractivity contribution is 7.86. The second-order valence-corrected chi connectivity index (χ2v) is 4.72. The van der Waals surface area contributed by atoms with Crippen molar-refractivity contribution in [2.24, 2.45) is 5.18 Å². The number of phenols is 1. The van der Waals surface area contributed by atoms with Crippen molar-refractivity contribution in [3.63, 3.8) is 0 Å². The molecule has 2 rings (SSSR count). The summed E-state index contributed by atoms with van der Waals surface area (Å²) in [5.41, 5.74) is -0.434. The van der Waals surface area contributed by atoms with Gasteiger partial charge >= 0.3 is 0 Å². The van der Waals surface area contributed by atoms with Crippen molar-refractivity contribution >= 4 is 26.6 Å². The maximum absolute atomic E-state index is 11.2. The van der Waals surface area contributed by atoms with Crippen LogP contribution in [0.1, 0.15) is 0 Å². The van der Waals surface area contributed by atoms with E-state index in [1.165, 1.54) is 18.2 Å². The van der Waals surface area contributed by atoms with E-state index >= 15 is 0 Å². The molecule has 0 heterocycles. The van der Waals surface area contributed by atoms with Gasteiger partial charge in [-0.2, -0.15) is 8.42 Å². The van der Waals surface area contributed by atoms with Gasteiger partial charge < -0.3 is 5.11 Å². The number of phenolic OH excluding ortho intramolecular Hbond substituents is 1. The van der Waals surface area contributed by atoms with E-state index in [-0.39, 0.29) is 5.39 Å². The summed E-state index contributed by atoms with van der Waals surface area (Å²) in [4.78, 5) is 9.76. The maximum atomic E-state index is 11.2. The second kappa shape index (κ2) is 3.79. The van der Waals surface area contributed by atoms with Gasteiger partial charge in [0.15, 0.2) is 11.4 Å². The van der Waals surface area contributed by atoms with Crippen molar-refractivity contribution in [3.8, 4) is 5.75 Å². The fourth-order valence-corrected chi connectivity index (χ4v) is 2.43. The molecule has 88 valence electrons. The van der Waals surface area contributed by atoms with Crippen LogP contribution in [0.3, 0.4) is 0 Å². The summed E-state index contributed by atoms with van der Waals surface area (Å²) in [7, 11) is -4.64. The molecular formula is C10H7NO5S. The molecule has 0 aliphatic carbocycles. The summed E-state index contributed by atoms with van der Waals surface area (Å²) < 4.78 is 31.4. The molecule has 0 spiro atoms. The molecule has 0 saturated heterocycles.